The Morgan fingerprint density at radius 2 is 2.14 bits per heavy atom. The van der Waals surface area contributed by atoms with E-state index in [2.05, 4.69) is 11.8 Å². The third-order valence-corrected chi connectivity index (χ3v) is 4.78. The van der Waals surface area contributed by atoms with Crippen molar-refractivity contribution >= 4 is 0 Å². The quantitative estimate of drug-likeness (QED) is 0.930. The molecule has 0 unspecified atom stereocenters. The summed E-state index contributed by atoms with van der Waals surface area (Å²) in [5, 5.41) is 10.5. The molecule has 4 nitrogen and oxygen atoms in total. The lowest BCUT2D eigenvalue weighted by Crippen LogP contribution is -2.50. The van der Waals surface area contributed by atoms with Crippen LogP contribution < -0.4 is 9.47 Å². The molecule has 1 aromatic carbocycles. The van der Waals surface area contributed by atoms with Crippen molar-refractivity contribution in [2.24, 2.45) is 0 Å². The number of methoxy groups -OCH3 is 1. The number of fused-ring (bicyclic) bond motifs is 1. The first kappa shape index (κ1) is 14.7. The maximum Gasteiger partial charge on any atom is 0.129 e. The number of piperidine rings is 1. The zero-order chi connectivity index (χ0) is 14.9. The van der Waals surface area contributed by atoms with Gasteiger partial charge in [-0.15, -0.1) is 0 Å². The summed E-state index contributed by atoms with van der Waals surface area (Å²) in [6.07, 6.45) is 3.43. The number of aliphatic hydroxyl groups excluding tert-OH is 1. The van der Waals surface area contributed by atoms with Crippen LogP contribution in [0.25, 0.3) is 0 Å². The van der Waals surface area contributed by atoms with Crippen molar-refractivity contribution in [2.75, 3.05) is 26.7 Å². The minimum absolute atomic E-state index is 0.205. The van der Waals surface area contributed by atoms with Crippen LogP contribution in [0.2, 0.25) is 0 Å². The fraction of sp³-hybridized carbons (Fsp3) is 0.647. The highest BCUT2D eigenvalue weighted by molar-refractivity contribution is 5.44. The van der Waals surface area contributed by atoms with E-state index in [4.69, 9.17) is 9.47 Å². The predicted octanol–water partition coefficient (Wildman–Crippen LogP) is 2.76. The Morgan fingerprint density at radius 1 is 1.38 bits per heavy atom. The highest BCUT2D eigenvalue weighted by atomic mass is 16.5. The number of hydrogen-bond acceptors (Lipinski definition) is 4. The lowest BCUT2D eigenvalue weighted by molar-refractivity contribution is -0.0539. The summed E-state index contributed by atoms with van der Waals surface area (Å²) in [5.74, 6) is 1.57. The molecule has 1 N–H and O–H groups in total. The van der Waals surface area contributed by atoms with Crippen LogP contribution in [0.4, 0.5) is 0 Å². The second-order valence-electron chi connectivity index (χ2n) is 6.25. The summed E-state index contributed by atoms with van der Waals surface area (Å²) in [6, 6.07) is 5.70. The largest absolute Gasteiger partial charge is 0.497 e. The van der Waals surface area contributed by atoms with Crippen molar-refractivity contribution in [3.8, 4) is 11.5 Å². The molecule has 2 aliphatic rings. The summed E-state index contributed by atoms with van der Waals surface area (Å²) in [4.78, 5) is 2.49. The van der Waals surface area contributed by atoms with Crippen molar-refractivity contribution in [3.05, 3.63) is 23.8 Å². The van der Waals surface area contributed by atoms with Gasteiger partial charge in [0.1, 0.15) is 17.1 Å². The van der Waals surface area contributed by atoms with Gasteiger partial charge in [0.05, 0.1) is 13.2 Å². The molecule has 4 heteroatoms. The summed E-state index contributed by atoms with van der Waals surface area (Å²) >= 11 is 0. The third kappa shape index (κ3) is 2.87. The molecule has 0 aliphatic carbocycles. The monoisotopic (exact) mass is 291 g/mol. The van der Waals surface area contributed by atoms with Gasteiger partial charge >= 0.3 is 0 Å². The molecular weight excluding hydrogens is 266 g/mol. The van der Waals surface area contributed by atoms with Crippen molar-refractivity contribution in [3.63, 3.8) is 0 Å². The Bertz CT molecular complexity index is 495. The molecule has 0 saturated carbocycles. The Hall–Kier alpha value is -1.26. The highest BCUT2D eigenvalue weighted by Crippen LogP contribution is 2.45. The minimum atomic E-state index is -0.433. The summed E-state index contributed by atoms with van der Waals surface area (Å²) in [5.41, 5.74) is 0.681. The van der Waals surface area contributed by atoms with Gasteiger partial charge < -0.3 is 19.5 Å². The molecule has 0 bridgehead atoms. The van der Waals surface area contributed by atoms with E-state index in [1.165, 1.54) is 6.42 Å². The van der Waals surface area contributed by atoms with E-state index >= 15 is 0 Å². The Morgan fingerprint density at radius 3 is 2.81 bits per heavy atom. The number of ether oxygens (including phenoxy) is 2. The van der Waals surface area contributed by atoms with Gasteiger partial charge in [0.25, 0.3) is 0 Å². The van der Waals surface area contributed by atoms with Gasteiger partial charge in [-0.2, -0.15) is 0 Å². The molecule has 2 heterocycles. The molecule has 1 aromatic rings. The fourth-order valence-electron chi connectivity index (χ4n) is 3.55. The number of rotatable bonds is 3. The van der Waals surface area contributed by atoms with Crippen LogP contribution in [0.3, 0.4) is 0 Å². The van der Waals surface area contributed by atoms with Crippen LogP contribution in [0.15, 0.2) is 18.2 Å². The molecule has 116 valence electrons. The van der Waals surface area contributed by atoms with Gasteiger partial charge in [-0.05, 0) is 37.9 Å². The Balaban J connectivity index is 1.78. The number of hydrogen-bond donors (Lipinski definition) is 1. The first-order valence-electron chi connectivity index (χ1n) is 7.93. The summed E-state index contributed by atoms with van der Waals surface area (Å²) in [7, 11) is 1.65. The van der Waals surface area contributed by atoms with Crippen LogP contribution >= 0.6 is 0 Å². The molecular formula is C17H25NO3. The smallest absolute Gasteiger partial charge is 0.129 e. The van der Waals surface area contributed by atoms with Gasteiger partial charge in [-0.3, -0.25) is 0 Å². The number of aliphatic hydroxyl groups is 1. The van der Waals surface area contributed by atoms with Crippen LogP contribution in [-0.4, -0.2) is 42.4 Å². The van der Waals surface area contributed by atoms with Crippen LogP contribution in [-0.2, 0) is 0 Å². The van der Waals surface area contributed by atoms with E-state index in [1.54, 1.807) is 7.11 Å². The van der Waals surface area contributed by atoms with Crippen LogP contribution in [0, 0.1) is 0 Å². The second kappa shape index (κ2) is 5.85. The van der Waals surface area contributed by atoms with Crippen molar-refractivity contribution < 1.29 is 14.6 Å². The van der Waals surface area contributed by atoms with Gasteiger partial charge in [0, 0.05) is 31.1 Å². The Labute approximate surface area is 126 Å². The average molecular weight is 291 g/mol. The number of benzene rings is 1. The highest BCUT2D eigenvalue weighted by Gasteiger charge is 2.42. The molecule has 1 spiro atoms. The van der Waals surface area contributed by atoms with Crippen molar-refractivity contribution in [1.29, 1.82) is 0 Å². The number of likely N-dealkylation sites (tertiary alicyclic amines) is 1. The molecule has 2 aliphatic heterocycles. The van der Waals surface area contributed by atoms with Crippen molar-refractivity contribution in [1.82, 2.24) is 4.90 Å². The second-order valence-corrected chi connectivity index (χ2v) is 6.25. The molecule has 1 fully saturated rings. The molecule has 3 rings (SSSR count). The maximum atomic E-state index is 10.5. The zero-order valence-corrected chi connectivity index (χ0v) is 13.0. The standard InChI is InChI=1S/C17H25NO3/c1-3-8-18-9-6-17(7-10-18)12-15(19)14-5-4-13(20-2)11-16(14)21-17/h4-5,11,15,19H,3,6-10,12H2,1-2H3/t15-/m0/s1. The SMILES string of the molecule is CCCN1CCC2(CC1)C[C@H](O)c1ccc(OC)cc1O2. The summed E-state index contributed by atoms with van der Waals surface area (Å²) < 4.78 is 11.6. The molecule has 0 amide bonds. The predicted molar refractivity (Wildman–Crippen MR) is 81.9 cm³/mol. The normalized spacial score (nSPS) is 24.4. The molecule has 0 aromatic heterocycles. The first-order chi connectivity index (χ1) is 10.2. The first-order valence-corrected chi connectivity index (χ1v) is 7.93. The van der Waals surface area contributed by atoms with E-state index in [-0.39, 0.29) is 5.60 Å². The van der Waals surface area contributed by atoms with Gasteiger partial charge in [0.15, 0.2) is 0 Å². The van der Waals surface area contributed by atoms with E-state index in [0.717, 1.165) is 49.5 Å². The van der Waals surface area contributed by atoms with Gasteiger partial charge in [-0.1, -0.05) is 6.92 Å². The third-order valence-electron chi connectivity index (χ3n) is 4.78. The van der Waals surface area contributed by atoms with E-state index < -0.39 is 6.10 Å². The molecule has 1 atom stereocenters. The van der Waals surface area contributed by atoms with Crippen LogP contribution in [0.5, 0.6) is 11.5 Å². The molecule has 1 saturated heterocycles. The molecule has 21 heavy (non-hydrogen) atoms. The van der Waals surface area contributed by atoms with E-state index in [0.29, 0.717) is 6.42 Å². The lowest BCUT2D eigenvalue weighted by Gasteiger charge is -2.46. The summed E-state index contributed by atoms with van der Waals surface area (Å²) in [6.45, 7) is 5.48. The maximum absolute atomic E-state index is 10.5. The fourth-order valence-corrected chi connectivity index (χ4v) is 3.55. The van der Waals surface area contributed by atoms with Crippen molar-refractivity contribution in [2.45, 2.75) is 44.3 Å². The van der Waals surface area contributed by atoms with Crippen LogP contribution in [0.1, 0.15) is 44.3 Å². The zero-order valence-electron chi connectivity index (χ0n) is 13.0. The molecule has 0 radical (unpaired) electrons. The average Bonchev–Trinajstić information content (AvgIpc) is 2.49. The lowest BCUT2D eigenvalue weighted by atomic mass is 9.81. The minimum Gasteiger partial charge on any atom is -0.497 e. The Kier molecular flexibility index (Phi) is 4.09. The van der Waals surface area contributed by atoms with E-state index in [9.17, 15) is 5.11 Å². The van der Waals surface area contributed by atoms with Gasteiger partial charge in [0.2, 0.25) is 0 Å². The van der Waals surface area contributed by atoms with E-state index in [1.807, 2.05) is 18.2 Å². The topological polar surface area (TPSA) is 41.9 Å². The van der Waals surface area contributed by atoms with Gasteiger partial charge in [-0.25, -0.2) is 0 Å². The number of nitrogens with zero attached hydrogens (tertiary/aromatic N) is 1.